The summed E-state index contributed by atoms with van der Waals surface area (Å²) in [6.45, 7) is 6.43. The molecular weight excluding hydrogens is 192 g/mol. The lowest BCUT2D eigenvalue weighted by Crippen LogP contribution is -2.50. The molecule has 2 aliphatic heterocycles. The molecule has 0 spiro atoms. The van der Waals surface area contributed by atoms with E-state index in [4.69, 9.17) is 4.74 Å². The molecule has 2 saturated heterocycles. The Labute approximate surface area is 91.6 Å². The molecule has 2 heterocycles. The standard InChI is InChI=1S/C11H22N2O2/c14-11(2-4-12-5-3-11)10-13-6-1-8-15-9-7-13/h12,14H,1-10H2. The fraction of sp³-hybridized carbons (Fsp3) is 1.00. The summed E-state index contributed by atoms with van der Waals surface area (Å²) in [6, 6.07) is 0. The van der Waals surface area contributed by atoms with Gasteiger partial charge >= 0.3 is 0 Å². The second-order valence-corrected chi connectivity index (χ2v) is 4.72. The Morgan fingerprint density at radius 3 is 2.80 bits per heavy atom. The van der Waals surface area contributed by atoms with Crippen molar-refractivity contribution in [2.75, 3.05) is 45.9 Å². The minimum absolute atomic E-state index is 0.463. The first-order chi connectivity index (χ1) is 7.29. The Kier molecular flexibility index (Phi) is 3.97. The Bertz CT molecular complexity index is 185. The summed E-state index contributed by atoms with van der Waals surface area (Å²) in [7, 11) is 0. The lowest BCUT2D eigenvalue weighted by molar-refractivity contribution is -0.0209. The summed E-state index contributed by atoms with van der Waals surface area (Å²) in [5.41, 5.74) is -0.463. The van der Waals surface area contributed by atoms with Crippen LogP contribution in [0.5, 0.6) is 0 Å². The number of nitrogens with one attached hydrogen (secondary N) is 1. The van der Waals surface area contributed by atoms with E-state index in [1.807, 2.05) is 0 Å². The van der Waals surface area contributed by atoms with Crippen LogP contribution in [0, 0.1) is 0 Å². The Morgan fingerprint density at radius 1 is 1.20 bits per heavy atom. The third-order valence-corrected chi connectivity index (χ3v) is 3.37. The third kappa shape index (κ3) is 3.41. The van der Waals surface area contributed by atoms with E-state index >= 15 is 0 Å². The van der Waals surface area contributed by atoms with Crippen molar-refractivity contribution < 1.29 is 9.84 Å². The summed E-state index contributed by atoms with van der Waals surface area (Å²) in [5.74, 6) is 0. The molecule has 0 aromatic heterocycles. The van der Waals surface area contributed by atoms with Gasteiger partial charge in [0.25, 0.3) is 0 Å². The van der Waals surface area contributed by atoms with Crippen molar-refractivity contribution >= 4 is 0 Å². The fourth-order valence-corrected chi connectivity index (χ4v) is 2.42. The summed E-state index contributed by atoms with van der Waals surface area (Å²) < 4.78 is 5.41. The Hall–Kier alpha value is -0.160. The van der Waals surface area contributed by atoms with Gasteiger partial charge in [-0.2, -0.15) is 0 Å². The lowest BCUT2D eigenvalue weighted by Gasteiger charge is -2.36. The van der Waals surface area contributed by atoms with Crippen LogP contribution in [0.15, 0.2) is 0 Å². The molecule has 0 unspecified atom stereocenters. The summed E-state index contributed by atoms with van der Waals surface area (Å²) in [5, 5.41) is 13.7. The van der Waals surface area contributed by atoms with Crippen molar-refractivity contribution in [1.29, 1.82) is 0 Å². The molecule has 0 aromatic carbocycles. The molecule has 2 N–H and O–H groups in total. The van der Waals surface area contributed by atoms with Crippen molar-refractivity contribution in [1.82, 2.24) is 10.2 Å². The predicted octanol–water partition coefficient (Wildman–Crippen LogP) is -0.177. The molecule has 4 heteroatoms. The molecule has 15 heavy (non-hydrogen) atoms. The molecule has 0 aromatic rings. The number of β-amino-alcohol motifs (C(OH)–C–C–N with tert-alkyl or cyclic N) is 1. The van der Waals surface area contributed by atoms with Gasteiger partial charge in [-0.25, -0.2) is 0 Å². The van der Waals surface area contributed by atoms with Gasteiger partial charge in [0.15, 0.2) is 0 Å². The zero-order chi connectivity index (χ0) is 10.6. The van der Waals surface area contributed by atoms with Crippen molar-refractivity contribution in [3.8, 4) is 0 Å². The van der Waals surface area contributed by atoms with Crippen LogP contribution < -0.4 is 5.32 Å². The number of aliphatic hydroxyl groups is 1. The third-order valence-electron chi connectivity index (χ3n) is 3.37. The fourth-order valence-electron chi connectivity index (χ4n) is 2.42. The van der Waals surface area contributed by atoms with Crippen molar-refractivity contribution in [2.24, 2.45) is 0 Å². The summed E-state index contributed by atoms with van der Waals surface area (Å²) in [4.78, 5) is 2.35. The maximum absolute atomic E-state index is 10.4. The first kappa shape index (κ1) is 11.3. The second-order valence-electron chi connectivity index (χ2n) is 4.72. The van der Waals surface area contributed by atoms with E-state index in [1.165, 1.54) is 0 Å². The smallest absolute Gasteiger partial charge is 0.0798 e. The Balaban J connectivity index is 1.82. The highest BCUT2D eigenvalue weighted by molar-refractivity contribution is 4.87. The first-order valence-corrected chi connectivity index (χ1v) is 6.02. The molecule has 0 amide bonds. The van der Waals surface area contributed by atoms with E-state index in [0.717, 1.165) is 65.2 Å². The van der Waals surface area contributed by atoms with Gasteiger partial charge in [0.2, 0.25) is 0 Å². The van der Waals surface area contributed by atoms with Crippen molar-refractivity contribution in [2.45, 2.75) is 24.9 Å². The largest absolute Gasteiger partial charge is 0.388 e. The van der Waals surface area contributed by atoms with E-state index in [-0.39, 0.29) is 0 Å². The average molecular weight is 214 g/mol. The number of piperidine rings is 1. The lowest BCUT2D eigenvalue weighted by atomic mass is 9.92. The number of hydrogen-bond acceptors (Lipinski definition) is 4. The molecule has 0 aliphatic carbocycles. The molecule has 0 atom stereocenters. The molecule has 2 aliphatic rings. The molecular formula is C11H22N2O2. The van der Waals surface area contributed by atoms with Crippen LogP contribution >= 0.6 is 0 Å². The van der Waals surface area contributed by atoms with Crippen molar-refractivity contribution in [3.63, 3.8) is 0 Å². The molecule has 2 rings (SSSR count). The summed E-state index contributed by atoms with van der Waals surface area (Å²) >= 11 is 0. The SMILES string of the molecule is OC1(CN2CCCOCC2)CCNCC1. The molecule has 0 radical (unpaired) electrons. The molecule has 4 nitrogen and oxygen atoms in total. The second kappa shape index (κ2) is 5.25. The number of hydrogen-bond donors (Lipinski definition) is 2. The van der Waals surface area contributed by atoms with Crippen LogP contribution in [-0.2, 0) is 4.74 Å². The highest BCUT2D eigenvalue weighted by Gasteiger charge is 2.31. The maximum atomic E-state index is 10.4. The van der Waals surface area contributed by atoms with E-state index < -0.39 is 5.60 Å². The van der Waals surface area contributed by atoms with Gasteiger partial charge in [-0.1, -0.05) is 0 Å². The quantitative estimate of drug-likeness (QED) is 0.669. The van der Waals surface area contributed by atoms with E-state index in [2.05, 4.69) is 10.2 Å². The van der Waals surface area contributed by atoms with Gasteiger partial charge in [-0.15, -0.1) is 0 Å². The number of ether oxygens (including phenoxy) is 1. The van der Waals surface area contributed by atoms with Crippen LogP contribution in [0.3, 0.4) is 0 Å². The number of rotatable bonds is 2. The highest BCUT2D eigenvalue weighted by atomic mass is 16.5. The van der Waals surface area contributed by atoms with Gasteiger partial charge in [0.05, 0.1) is 12.2 Å². The maximum Gasteiger partial charge on any atom is 0.0798 e. The van der Waals surface area contributed by atoms with Crippen LogP contribution in [0.4, 0.5) is 0 Å². The Morgan fingerprint density at radius 2 is 2.00 bits per heavy atom. The number of nitrogens with zero attached hydrogens (tertiary/aromatic N) is 1. The van der Waals surface area contributed by atoms with Gasteiger partial charge in [-0.3, -0.25) is 4.90 Å². The molecule has 0 saturated carbocycles. The molecule has 88 valence electrons. The first-order valence-electron chi connectivity index (χ1n) is 6.02. The van der Waals surface area contributed by atoms with E-state index in [9.17, 15) is 5.11 Å². The van der Waals surface area contributed by atoms with Crippen molar-refractivity contribution in [3.05, 3.63) is 0 Å². The monoisotopic (exact) mass is 214 g/mol. The minimum atomic E-state index is -0.463. The molecule has 2 fully saturated rings. The van der Waals surface area contributed by atoms with E-state index in [0.29, 0.717) is 0 Å². The van der Waals surface area contributed by atoms with Gasteiger partial charge in [0.1, 0.15) is 0 Å². The van der Waals surface area contributed by atoms with Crippen LogP contribution in [0.1, 0.15) is 19.3 Å². The predicted molar refractivity (Wildman–Crippen MR) is 58.9 cm³/mol. The highest BCUT2D eigenvalue weighted by Crippen LogP contribution is 2.19. The van der Waals surface area contributed by atoms with Gasteiger partial charge in [-0.05, 0) is 32.4 Å². The summed E-state index contributed by atoms with van der Waals surface area (Å²) in [6.07, 6.45) is 2.85. The van der Waals surface area contributed by atoms with Crippen LogP contribution in [0.25, 0.3) is 0 Å². The average Bonchev–Trinajstić information content (AvgIpc) is 2.47. The zero-order valence-corrected chi connectivity index (χ0v) is 9.37. The topological polar surface area (TPSA) is 44.7 Å². The van der Waals surface area contributed by atoms with Crippen LogP contribution in [-0.4, -0.2) is 61.5 Å². The minimum Gasteiger partial charge on any atom is -0.388 e. The van der Waals surface area contributed by atoms with Gasteiger partial charge < -0.3 is 15.2 Å². The normalized spacial score (nSPS) is 28.6. The van der Waals surface area contributed by atoms with Gasteiger partial charge in [0, 0.05) is 26.2 Å². The van der Waals surface area contributed by atoms with Crippen LogP contribution in [0.2, 0.25) is 0 Å². The zero-order valence-electron chi connectivity index (χ0n) is 9.37. The van der Waals surface area contributed by atoms with E-state index in [1.54, 1.807) is 0 Å². The molecule has 0 bridgehead atoms.